The summed E-state index contributed by atoms with van der Waals surface area (Å²) in [7, 11) is 0. The first-order chi connectivity index (χ1) is 13.7. The molecule has 12 heteroatoms. The molecule has 0 saturated carbocycles. The molecular weight excluding hydrogens is 398 g/mol. The standard InChI is InChI=1S/C18H33N5O7/c1-7(2)12(20)16(27)23-14(9(5)24)17(28)21-10(6-11(19)25)15(26)22-13(8(3)4)18(29)30/h7-10,12-14,24H,6,20H2,1-5H3,(H2,19,25)(H,21,28)(H,22,26)(H,23,27)(H,29,30). The maximum absolute atomic E-state index is 12.6. The molecule has 0 heterocycles. The Kier molecular flexibility index (Phi) is 11.0. The van der Waals surface area contributed by atoms with Gasteiger partial charge in [-0.05, 0) is 18.8 Å². The average molecular weight is 431 g/mol. The Labute approximate surface area is 175 Å². The van der Waals surface area contributed by atoms with Crippen molar-refractivity contribution in [1.29, 1.82) is 0 Å². The van der Waals surface area contributed by atoms with E-state index in [9.17, 15) is 34.2 Å². The van der Waals surface area contributed by atoms with Gasteiger partial charge in [-0.3, -0.25) is 19.2 Å². The molecule has 0 spiro atoms. The highest BCUT2D eigenvalue weighted by atomic mass is 16.4. The van der Waals surface area contributed by atoms with Gasteiger partial charge in [-0.1, -0.05) is 27.7 Å². The molecule has 5 unspecified atom stereocenters. The van der Waals surface area contributed by atoms with Gasteiger partial charge in [0.15, 0.2) is 0 Å². The van der Waals surface area contributed by atoms with Crippen LogP contribution < -0.4 is 27.4 Å². The van der Waals surface area contributed by atoms with Crippen molar-refractivity contribution >= 4 is 29.6 Å². The number of carbonyl (C=O) groups excluding carboxylic acids is 4. The van der Waals surface area contributed by atoms with Crippen molar-refractivity contribution in [2.45, 2.75) is 71.3 Å². The topological polar surface area (TPSA) is 214 Å². The Morgan fingerprint density at radius 1 is 0.800 bits per heavy atom. The van der Waals surface area contributed by atoms with E-state index in [0.717, 1.165) is 0 Å². The Morgan fingerprint density at radius 3 is 1.67 bits per heavy atom. The van der Waals surface area contributed by atoms with Crippen LogP contribution in [0.25, 0.3) is 0 Å². The lowest BCUT2D eigenvalue weighted by Crippen LogP contribution is -2.60. The van der Waals surface area contributed by atoms with Gasteiger partial charge in [0.1, 0.15) is 18.1 Å². The fraction of sp³-hybridized carbons (Fsp3) is 0.722. The summed E-state index contributed by atoms with van der Waals surface area (Å²) in [5, 5.41) is 25.9. The lowest BCUT2D eigenvalue weighted by Gasteiger charge is -2.27. The summed E-state index contributed by atoms with van der Waals surface area (Å²) < 4.78 is 0. The van der Waals surface area contributed by atoms with Gasteiger partial charge in [0.25, 0.3) is 0 Å². The highest BCUT2D eigenvalue weighted by molar-refractivity contribution is 5.96. The first kappa shape index (κ1) is 27.3. The van der Waals surface area contributed by atoms with Crippen LogP contribution in [0.5, 0.6) is 0 Å². The molecule has 9 N–H and O–H groups in total. The summed E-state index contributed by atoms with van der Waals surface area (Å²) in [4.78, 5) is 59.8. The van der Waals surface area contributed by atoms with Gasteiger partial charge in [-0.15, -0.1) is 0 Å². The molecule has 172 valence electrons. The van der Waals surface area contributed by atoms with Crippen LogP contribution in [0.15, 0.2) is 0 Å². The molecule has 0 aliphatic heterocycles. The third kappa shape index (κ3) is 8.74. The molecule has 0 bridgehead atoms. The zero-order chi connectivity index (χ0) is 23.8. The van der Waals surface area contributed by atoms with Crippen LogP contribution in [0.2, 0.25) is 0 Å². The SMILES string of the molecule is CC(C)C(N)C(=O)NC(C(=O)NC(CC(N)=O)C(=O)NC(C(=O)O)C(C)C)C(C)O. The number of rotatable bonds is 12. The molecule has 4 amide bonds. The number of aliphatic carboxylic acids is 1. The Balaban J connectivity index is 5.47. The van der Waals surface area contributed by atoms with Gasteiger partial charge < -0.3 is 37.6 Å². The van der Waals surface area contributed by atoms with Gasteiger partial charge >= 0.3 is 5.97 Å². The van der Waals surface area contributed by atoms with E-state index in [1.807, 2.05) is 0 Å². The van der Waals surface area contributed by atoms with Crippen molar-refractivity contribution < 1.29 is 34.2 Å². The number of aliphatic hydroxyl groups is 1. The van der Waals surface area contributed by atoms with E-state index < -0.39 is 72.2 Å². The first-order valence-corrected chi connectivity index (χ1v) is 9.54. The van der Waals surface area contributed by atoms with E-state index >= 15 is 0 Å². The number of carboxylic acids is 1. The predicted molar refractivity (Wildman–Crippen MR) is 107 cm³/mol. The zero-order valence-electron chi connectivity index (χ0n) is 17.8. The number of primary amides is 1. The van der Waals surface area contributed by atoms with Crippen LogP contribution >= 0.6 is 0 Å². The fourth-order valence-corrected chi connectivity index (χ4v) is 2.40. The minimum absolute atomic E-state index is 0.236. The molecule has 0 aliphatic rings. The van der Waals surface area contributed by atoms with Crippen LogP contribution in [0.4, 0.5) is 0 Å². The number of amides is 4. The monoisotopic (exact) mass is 431 g/mol. The van der Waals surface area contributed by atoms with Crippen molar-refractivity contribution in [3.63, 3.8) is 0 Å². The first-order valence-electron chi connectivity index (χ1n) is 9.54. The number of nitrogens with two attached hydrogens (primary N) is 2. The van der Waals surface area contributed by atoms with Crippen molar-refractivity contribution in [3.8, 4) is 0 Å². The second kappa shape index (κ2) is 12.1. The minimum Gasteiger partial charge on any atom is -0.480 e. The van der Waals surface area contributed by atoms with E-state index in [1.54, 1.807) is 27.7 Å². The van der Waals surface area contributed by atoms with E-state index in [-0.39, 0.29) is 5.92 Å². The molecule has 12 nitrogen and oxygen atoms in total. The maximum atomic E-state index is 12.6. The summed E-state index contributed by atoms with van der Waals surface area (Å²) in [6.07, 6.45) is -1.97. The van der Waals surface area contributed by atoms with Crippen LogP contribution in [0.1, 0.15) is 41.0 Å². The van der Waals surface area contributed by atoms with Crippen molar-refractivity contribution in [1.82, 2.24) is 16.0 Å². The maximum Gasteiger partial charge on any atom is 0.326 e. The Bertz CT molecular complexity index is 651. The quantitative estimate of drug-likeness (QED) is 0.174. The number of carbonyl (C=O) groups is 5. The minimum atomic E-state index is -1.51. The molecule has 0 aliphatic carbocycles. The summed E-state index contributed by atoms with van der Waals surface area (Å²) in [6.45, 7) is 7.77. The molecule has 0 aromatic carbocycles. The smallest absolute Gasteiger partial charge is 0.326 e. The van der Waals surface area contributed by atoms with E-state index in [2.05, 4.69) is 16.0 Å². The molecule has 0 rings (SSSR count). The van der Waals surface area contributed by atoms with Crippen LogP contribution in [-0.2, 0) is 24.0 Å². The Hall–Kier alpha value is -2.73. The highest BCUT2D eigenvalue weighted by Crippen LogP contribution is 2.05. The summed E-state index contributed by atoms with van der Waals surface area (Å²) >= 11 is 0. The average Bonchev–Trinajstić information content (AvgIpc) is 2.60. The van der Waals surface area contributed by atoms with Gasteiger partial charge in [-0.2, -0.15) is 0 Å². The molecule has 0 radical (unpaired) electrons. The summed E-state index contributed by atoms with van der Waals surface area (Å²) in [5.74, 6) is -5.53. The van der Waals surface area contributed by atoms with Crippen LogP contribution in [0, 0.1) is 11.8 Å². The molecule has 0 aromatic rings. The lowest BCUT2D eigenvalue weighted by molar-refractivity contribution is -0.143. The van der Waals surface area contributed by atoms with Crippen LogP contribution in [0.3, 0.4) is 0 Å². The number of hydrogen-bond acceptors (Lipinski definition) is 7. The van der Waals surface area contributed by atoms with Gasteiger partial charge in [0.2, 0.25) is 23.6 Å². The largest absolute Gasteiger partial charge is 0.480 e. The van der Waals surface area contributed by atoms with E-state index in [4.69, 9.17) is 11.5 Å². The zero-order valence-corrected chi connectivity index (χ0v) is 17.8. The third-order valence-electron chi connectivity index (χ3n) is 4.35. The van der Waals surface area contributed by atoms with Gasteiger partial charge in [0, 0.05) is 0 Å². The van der Waals surface area contributed by atoms with E-state index in [0.29, 0.717) is 0 Å². The second-order valence-corrected chi connectivity index (χ2v) is 7.80. The van der Waals surface area contributed by atoms with Crippen molar-refractivity contribution in [2.24, 2.45) is 23.3 Å². The van der Waals surface area contributed by atoms with Gasteiger partial charge in [0.05, 0.1) is 18.6 Å². The number of nitrogens with one attached hydrogen (secondary N) is 3. The predicted octanol–water partition coefficient (Wildman–Crippen LogP) is -2.58. The molecule has 0 saturated heterocycles. The molecular formula is C18H33N5O7. The normalized spacial score (nSPS) is 16.2. The highest BCUT2D eigenvalue weighted by Gasteiger charge is 2.34. The lowest BCUT2D eigenvalue weighted by atomic mass is 10.0. The molecule has 0 fully saturated rings. The van der Waals surface area contributed by atoms with Crippen molar-refractivity contribution in [2.75, 3.05) is 0 Å². The summed E-state index contributed by atoms with van der Waals surface area (Å²) in [6, 6.07) is -5.18. The number of aliphatic hydroxyl groups excluding tert-OH is 1. The van der Waals surface area contributed by atoms with Crippen LogP contribution in [-0.4, -0.2) is 70.1 Å². The van der Waals surface area contributed by atoms with E-state index in [1.165, 1.54) is 6.92 Å². The van der Waals surface area contributed by atoms with Gasteiger partial charge in [-0.25, -0.2) is 4.79 Å². The summed E-state index contributed by atoms with van der Waals surface area (Å²) in [5.41, 5.74) is 10.9. The fourth-order valence-electron chi connectivity index (χ4n) is 2.40. The third-order valence-corrected chi connectivity index (χ3v) is 4.35. The molecule has 5 atom stereocenters. The Morgan fingerprint density at radius 2 is 1.30 bits per heavy atom. The number of carboxylic acid groups (broad SMARTS) is 1. The number of hydrogen-bond donors (Lipinski definition) is 7. The second-order valence-electron chi connectivity index (χ2n) is 7.80. The molecule has 30 heavy (non-hydrogen) atoms. The molecule has 0 aromatic heterocycles. The van der Waals surface area contributed by atoms with Crippen molar-refractivity contribution in [3.05, 3.63) is 0 Å².